The molecule has 1 N–H and O–H groups in total. The number of nitrogens with one attached hydrogen (secondary N) is 1. The third kappa shape index (κ3) is 3.91. The van der Waals surface area contributed by atoms with Gasteiger partial charge in [-0.3, -0.25) is 0 Å². The van der Waals surface area contributed by atoms with Crippen LogP contribution < -0.4 is 5.32 Å². The fourth-order valence-electron chi connectivity index (χ4n) is 4.68. The smallest absolute Gasteiger partial charge is 0.214 e. The van der Waals surface area contributed by atoms with Gasteiger partial charge in [0.05, 0.1) is 5.75 Å². The van der Waals surface area contributed by atoms with Gasteiger partial charge in [-0.05, 0) is 58.4 Å². The summed E-state index contributed by atoms with van der Waals surface area (Å²) in [7, 11) is -0.725. The molecule has 3 fully saturated rings. The number of sulfonamides is 1. The molecule has 2 heterocycles. The van der Waals surface area contributed by atoms with E-state index in [0.717, 1.165) is 38.6 Å². The Kier molecular flexibility index (Phi) is 5.36. The van der Waals surface area contributed by atoms with Gasteiger partial charge in [-0.15, -0.1) is 0 Å². The monoisotopic (exact) mass is 343 g/mol. The third-order valence-corrected chi connectivity index (χ3v) is 8.30. The quantitative estimate of drug-likeness (QED) is 0.847. The van der Waals surface area contributed by atoms with E-state index < -0.39 is 10.0 Å². The Balaban J connectivity index is 1.50. The Morgan fingerprint density at radius 1 is 1.09 bits per heavy atom. The van der Waals surface area contributed by atoms with Crippen molar-refractivity contribution < 1.29 is 8.42 Å². The molecule has 3 unspecified atom stereocenters. The lowest BCUT2D eigenvalue weighted by molar-refractivity contribution is 0.108. The summed E-state index contributed by atoms with van der Waals surface area (Å²) in [6, 6.07) is 2.09. The standard InChI is InChI=1S/C17H33N3O2S/c1-13-12-19(3)14(2)11-17(13)18-15-5-7-16(8-6-15)20-9-4-10-23(20,21)22/h13-18H,4-12H2,1-3H3. The maximum Gasteiger partial charge on any atom is 0.214 e. The molecule has 3 atom stereocenters. The predicted octanol–water partition coefficient (Wildman–Crippen LogP) is 1.65. The Labute approximate surface area is 141 Å². The summed E-state index contributed by atoms with van der Waals surface area (Å²) in [6.07, 6.45) is 6.30. The third-order valence-electron chi connectivity index (χ3n) is 6.30. The van der Waals surface area contributed by atoms with Gasteiger partial charge in [0.2, 0.25) is 10.0 Å². The number of nitrogens with zero attached hydrogens (tertiary/aromatic N) is 2. The van der Waals surface area contributed by atoms with Gasteiger partial charge in [0, 0.05) is 37.3 Å². The molecule has 23 heavy (non-hydrogen) atoms. The molecule has 0 aromatic carbocycles. The molecule has 3 rings (SSSR count). The minimum absolute atomic E-state index is 0.259. The lowest BCUT2D eigenvalue weighted by Gasteiger charge is -2.43. The highest BCUT2D eigenvalue weighted by atomic mass is 32.2. The van der Waals surface area contributed by atoms with Gasteiger partial charge in [0.1, 0.15) is 0 Å². The summed E-state index contributed by atoms with van der Waals surface area (Å²) in [5.74, 6) is 1.05. The minimum Gasteiger partial charge on any atom is -0.311 e. The number of hydrogen-bond acceptors (Lipinski definition) is 4. The normalized spacial score (nSPS) is 42.8. The minimum atomic E-state index is -2.95. The van der Waals surface area contributed by atoms with E-state index in [9.17, 15) is 8.42 Å². The van der Waals surface area contributed by atoms with Crippen molar-refractivity contribution in [3.05, 3.63) is 0 Å². The average Bonchev–Trinajstić information content (AvgIpc) is 2.85. The molecule has 6 heteroatoms. The second-order valence-corrected chi connectivity index (χ2v) is 10.1. The molecule has 134 valence electrons. The highest BCUT2D eigenvalue weighted by Gasteiger charge is 2.37. The first kappa shape index (κ1) is 17.6. The van der Waals surface area contributed by atoms with Crippen LogP contribution in [-0.4, -0.2) is 67.7 Å². The number of rotatable bonds is 3. The molecule has 0 aromatic rings. The van der Waals surface area contributed by atoms with E-state index in [1.165, 1.54) is 13.0 Å². The first-order valence-corrected chi connectivity index (χ1v) is 10.9. The molecule has 2 aliphatic heterocycles. The average molecular weight is 344 g/mol. The van der Waals surface area contributed by atoms with Crippen molar-refractivity contribution in [3.63, 3.8) is 0 Å². The summed E-state index contributed by atoms with van der Waals surface area (Å²) < 4.78 is 25.9. The van der Waals surface area contributed by atoms with Crippen LogP contribution >= 0.6 is 0 Å². The van der Waals surface area contributed by atoms with E-state index in [-0.39, 0.29) is 6.04 Å². The molecule has 5 nitrogen and oxygen atoms in total. The lowest BCUT2D eigenvalue weighted by Crippen LogP contribution is -2.54. The second kappa shape index (κ2) is 6.98. The van der Waals surface area contributed by atoms with Gasteiger partial charge in [-0.2, -0.15) is 4.31 Å². The van der Waals surface area contributed by atoms with E-state index in [0.29, 0.717) is 29.8 Å². The van der Waals surface area contributed by atoms with Crippen LogP contribution in [0, 0.1) is 5.92 Å². The van der Waals surface area contributed by atoms with Gasteiger partial charge >= 0.3 is 0 Å². The fourth-order valence-corrected chi connectivity index (χ4v) is 6.48. The number of piperidine rings is 1. The molecule has 0 radical (unpaired) electrons. The Hall–Kier alpha value is -0.170. The molecule has 0 amide bonds. The predicted molar refractivity (Wildman–Crippen MR) is 94.0 cm³/mol. The van der Waals surface area contributed by atoms with Gasteiger partial charge in [0.15, 0.2) is 0 Å². The molecular weight excluding hydrogens is 310 g/mol. The van der Waals surface area contributed by atoms with Crippen LogP contribution in [0.4, 0.5) is 0 Å². The Morgan fingerprint density at radius 2 is 1.78 bits per heavy atom. The largest absolute Gasteiger partial charge is 0.311 e. The van der Waals surface area contributed by atoms with Crippen molar-refractivity contribution >= 4 is 10.0 Å². The van der Waals surface area contributed by atoms with Gasteiger partial charge in [-0.25, -0.2) is 8.42 Å². The topological polar surface area (TPSA) is 52.6 Å². The van der Waals surface area contributed by atoms with Crippen LogP contribution in [-0.2, 0) is 10.0 Å². The molecule has 0 spiro atoms. The van der Waals surface area contributed by atoms with E-state index in [2.05, 4.69) is 31.1 Å². The van der Waals surface area contributed by atoms with E-state index in [1.807, 2.05) is 0 Å². The maximum absolute atomic E-state index is 12.1. The molecule has 2 saturated heterocycles. The number of likely N-dealkylation sites (tertiary alicyclic amines) is 1. The zero-order valence-corrected chi connectivity index (χ0v) is 15.7. The highest BCUT2D eigenvalue weighted by molar-refractivity contribution is 7.89. The zero-order valence-electron chi connectivity index (χ0n) is 14.9. The SMILES string of the molecule is CC1CN(C)C(C)CC1NC1CCC(N2CCCS2(=O)=O)CC1. The molecule has 1 saturated carbocycles. The zero-order chi connectivity index (χ0) is 16.6. The van der Waals surface area contributed by atoms with Crippen LogP contribution in [0.25, 0.3) is 0 Å². The first-order chi connectivity index (χ1) is 10.9. The van der Waals surface area contributed by atoms with Crippen LogP contribution in [0.1, 0.15) is 52.4 Å². The van der Waals surface area contributed by atoms with Crippen molar-refractivity contribution in [2.75, 3.05) is 25.9 Å². The summed E-state index contributed by atoms with van der Waals surface area (Å²) in [6.45, 7) is 6.58. The first-order valence-electron chi connectivity index (χ1n) is 9.32. The van der Waals surface area contributed by atoms with Crippen LogP contribution in [0.5, 0.6) is 0 Å². The van der Waals surface area contributed by atoms with Crippen LogP contribution in [0.3, 0.4) is 0 Å². The van der Waals surface area contributed by atoms with Crippen LogP contribution in [0.2, 0.25) is 0 Å². The Bertz CT molecular complexity index is 502. The summed E-state index contributed by atoms with van der Waals surface area (Å²) >= 11 is 0. The fraction of sp³-hybridized carbons (Fsp3) is 1.00. The van der Waals surface area contributed by atoms with Crippen molar-refractivity contribution in [1.82, 2.24) is 14.5 Å². The summed E-state index contributed by atoms with van der Waals surface area (Å²) in [4.78, 5) is 2.46. The van der Waals surface area contributed by atoms with E-state index in [4.69, 9.17) is 0 Å². The Morgan fingerprint density at radius 3 is 2.39 bits per heavy atom. The van der Waals surface area contributed by atoms with Crippen LogP contribution in [0.15, 0.2) is 0 Å². The second-order valence-electron chi connectivity index (χ2n) is 8.06. The van der Waals surface area contributed by atoms with Crippen molar-refractivity contribution in [3.8, 4) is 0 Å². The van der Waals surface area contributed by atoms with Crippen molar-refractivity contribution in [2.45, 2.75) is 76.5 Å². The summed E-state index contributed by atoms with van der Waals surface area (Å²) in [5.41, 5.74) is 0. The molecule has 3 aliphatic rings. The van der Waals surface area contributed by atoms with Crippen molar-refractivity contribution in [2.24, 2.45) is 5.92 Å². The van der Waals surface area contributed by atoms with Gasteiger partial charge in [-0.1, -0.05) is 6.92 Å². The lowest BCUT2D eigenvalue weighted by atomic mass is 9.86. The van der Waals surface area contributed by atoms with Gasteiger partial charge in [0.25, 0.3) is 0 Å². The van der Waals surface area contributed by atoms with Gasteiger partial charge < -0.3 is 10.2 Å². The van der Waals surface area contributed by atoms with E-state index in [1.54, 1.807) is 4.31 Å². The molecule has 0 aromatic heterocycles. The molecular formula is C17H33N3O2S. The number of hydrogen-bond donors (Lipinski definition) is 1. The molecule has 0 bridgehead atoms. The maximum atomic E-state index is 12.1. The summed E-state index contributed by atoms with van der Waals surface area (Å²) in [5, 5.41) is 3.90. The molecule has 1 aliphatic carbocycles. The van der Waals surface area contributed by atoms with Crippen molar-refractivity contribution in [1.29, 1.82) is 0 Å². The van der Waals surface area contributed by atoms with E-state index >= 15 is 0 Å². The highest BCUT2D eigenvalue weighted by Crippen LogP contribution is 2.30.